The topological polar surface area (TPSA) is 119 Å². The molecule has 1 heterocycles. The number of nitrogens with zero attached hydrogens (tertiary/aromatic N) is 2. The number of carbonyl (C=O) groups is 2. The Labute approximate surface area is 241 Å². The van der Waals surface area contributed by atoms with E-state index in [-0.39, 0.29) is 24.9 Å². The Kier molecular flexibility index (Phi) is 9.78. The van der Waals surface area contributed by atoms with Gasteiger partial charge in [-0.25, -0.2) is 0 Å². The minimum atomic E-state index is -3.91. The van der Waals surface area contributed by atoms with Gasteiger partial charge in [0.25, 0.3) is 16.1 Å². The number of hydrogen-bond acceptors (Lipinski definition) is 5. The highest BCUT2D eigenvalue weighted by atomic mass is 32.2. The van der Waals surface area contributed by atoms with Crippen LogP contribution in [0.3, 0.4) is 0 Å². The van der Waals surface area contributed by atoms with Crippen molar-refractivity contribution in [2.45, 2.75) is 26.4 Å². The van der Waals surface area contributed by atoms with Crippen molar-refractivity contribution in [3.8, 4) is 11.8 Å². The molecule has 0 aromatic heterocycles. The second-order valence-corrected chi connectivity index (χ2v) is 11.8. The Balaban J connectivity index is 1.32. The van der Waals surface area contributed by atoms with Crippen molar-refractivity contribution in [3.05, 3.63) is 101 Å². The molecule has 10 heteroatoms. The maximum atomic E-state index is 12.7. The van der Waals surface area contributed by atoms with Gasteiger partial charge in [-0.05, 0) is 53.9 Å². The molecule has 1 atom stereocenters. The van der Waals surface area contributed by atoms with Gasteiger partial charge >= 0.3 is 5.97 Å². The Morgan fingerprint density at radius 1 is 0.878 bits per heavy atom. The zero-order valence-corrected chi connectivity index (χ0v) is 23.9. The van der Waals surface area contributed by atoms with Crippen LogP contribution in [0.1, 0.15) is 40.9 Å². The summed E-state index contributed by atoms with van der Waals surface area (Å²) in [4.78, 5) is 26.1. The van der Waals surface area contributed by atoms with Crippen molar-refractivity contribution in [1.29, 1.82) is 0 Å². The molecule has 0 bridgehead atoms. The third-order valence-electron chi connectivity index (χ3n) is 6.79. The monoisotopic (exact) mass is 574 g/mol. The summed E-state index contributed by atoms with van der Waals surface area (Å²) < 4.78 is 29.1. The number of benzene rings is 3. The molecule has 0 saturated carbocycles. The number of carbonyl (C=O) groups excluding carboxylic acids is 1. The van der Waals surface area contributed by atoms with Crippen LogP contribution >= 0.6 is 0 Å². The van der Waals surface area contributed by atoms with E-state index in [1.807, 2.05) is 66.7 Å². The first kappa shape index (κ1) is 29.8. The van der Waals surface area contributed by atoms with Gasteiger partial charge in [0.1, 0.15) is 6.04 Å². The Bertz CT molecular complexity index is 1520. The van der Waals surface area contributed by atoms with Crippen molar-refractivity contribution in [2.75, 3.05) is 31.1 Å². The third-order valence-corrected chi connectivity index (χ3v) is 8.39. The molecule has 9 nitrogen and oxygen atoms in total. The fourth-order valence-corrected chi connectivity index (χ4v) is 5.90. The molecule has 3 aromatic carbocycles. The predicted molar refractivity (Wildman–Crippen MR) is 159 cm³/mol. The maximum Gasteiger partial charge on any atom is 0.322 e. The zero-order chi connectivity index (χ0) is 29.4. The summed E-state index contributed by atoms with van der Waals surface area (Å²) in [6.45, 7) is 5.23. The van der Waals surface area contributed by atoms with Gasteiger partial charge in [-0.15, -0.1) is 0 Å². The molecule has 1 fully saturated rings. The van der Waals surface area contributed by atoms with Gasteiger partial charge in [-0.3, -0.25) is 9.59 Å². The lowest BCUT2D eigenvalue weighted by atomic mass is 10.1. The standard InChI is InChI=1S/C31H34N4O5S/c1-23(2)29(31(37)38)33-41(39,40)35-19-17-34(18-20-35)28-15-13-24(14-16-28)11-12-25-9-6-10-27(21-25)30(36)32-22-26-7-4-3-5-8-26/h3-10,13-16,21,23,29,33H,17-20,22H2,1-2H3,(H,32,36)(H,37,38). The highest BCUT2D eigenvalue weighted by Crippen LogP contribution is 2.19. The minimum absolute atomic E-state index is 0.160. The largest absolute Gasteiger partial charge is 0.480 e. The molecular weight excluding hydrogens is 540 g/mol. The van der Waals surface area contributed by atoms with Crippen LogP contribution in [-0.2, 0) is 21.5 Å². The highest BCUT2D eigenvalue weighted by Gasteiger charge is 2.32. The lowest BCUT2D eigenvalue weighted by molar-refractivity contribution is -0.140. The van der Waals surface area contributed by atoms with Crippen molar-refractivity contribution < 1.29 is 23.1 Å². The number of rotatable bonds is 9. The summed E-state index contributed by atoms with van der Waals surface area (Å²) in [7, 11) is -3.91. The van der Waals surface area contributed by atoms with E-state index in [0.29, 0.717) is 25.2 Å². The van der Waals surface area contributed by atoms with Crippen LogP contribution in [0.4, 0.5) is 5.69 Å². The van der Waals surface area contributed by atoms with Gasteiger partial charge < -0.3 is 15.3 Å². The quantitative estimate of drug-likeness (QED) is 0.338. The molecule has 1 aliphatic rings. The summed E-state index contributed by atoms with van der Waals surface area (Å²) in [6, 6.07) is 23.4. The molecular formula is C31H34N4O5S. The molecule has 4 rings (SSSR count). The average Bonchev–Trinajstić information content (AvgIpc) is 2.98. The van der Waals surface area contributed by atoms with Gasteiger partial charge in [0.2, 0.25) is 0 Å². The Hall–Kier alpha value is -4.17. The second kappa shape index (κ2) is 13.5. The van der Waals surface area contributed by atoms with Gasteiger partial charge in [-0.2, -0.15) is 17.4 Å². The van der Waals surface area contributed by atoms with E-state index in [1.165, 1.54) is 4.31 Å². The van der Waals surface area contributed by atoms with Crippen LogP contribution in [-0.4, -0.2) is 61.9 Å². The Morgan fingerprint density at radius 3 is 2.17 bits per heavy atom. The van der Waals surface area contributed by atoms with Crippen LogP contribution in [0.25, 0.3) is 0 Å². The van der Waals surface area contributed by atoms with Crippen molar-refractivity contribution >= 4 is 27.8 Å². The van der Waals surface area contributed by atoms with Crippen LogP contribution in [0.2, 0.25) is 0 Å². The van der Waals surface area contributed by atoms with Gasteiger partial charge in [0.15, 0.2) is 0 Å². The second-order valence-electron chi connectivity index (χ2n) is 10.1. The Morgan fingerprint density at radius 2 is 1.54 bits per heavy atom. The van der Waals surface area contributed by atoms with Crippen LogP contribution in [0, 0.1) is 17.8 Å². The van der Waals surface area contributed by atoms with Crippen molar-refractivity contribution in [2.24, 2.45) is 5.92 Å². The number of carboxylic acids is 1. The lowest BCUT2D eigenvalue weighted by Crippen LogP contribution is -2.55. The van der Waals surface area contributed by atoms with Crippen molar-refractivity contribution in [1.82, 2.24) is 14.3 Å². The number of carboxylic acid groups (broad SMARTS) is 1. The van der Waals surface area contributed by atoms with E-state index in [1.54, 1.807) is 26.0 Å². The molecule has 1 aliphatic heterocycles. The minimum Gasteiger partial charge on any atom is -0.480 e. The first-order chi connectivity index (χ1) is 19.6. The number of nitrogens with one attached hydrogen (secondary N) is 2. The summed E-state index contributed by atoms with van der Waals surface area (Å²) in [5, 5.41) is 12.3. The highest BCUT2D eigenvalue weighted by molar-refractivity contribution is 7.87. The SMILES string of the molecule is CC(C)C(NS(=O)(=O)N1CCN(c2ccc(C#Cc3cccc(C(=O)NCc4ccccc4)c3)cc2)CC1)C(=O)O. The fraction of sp³-hybridized carbons (Fsp3) is 0.290. The molecule has 1 unspecified atom stereocenters. The number of piperazine rings is 1. The molecule has 1 saturated heterocycles. The number of hydrogen-bond donors (Lipinski definition) is 3. The van der Waals surface area contributed by atoms with E-state index >= 15 is 0 Å². The van der Waals surface area contributed by atoms with Gasteiger partial charge in [-0.1, -0.05) is 62.1 Å². The molecule has 3 aromatic rings. The van der Waals surface area contributed by atoms with E-state index < -0.39 is 22.2 Å². The first-order valence-corrected chi connectivity index (χ1v) is 14.9. The lowest BCUT2D eigenvalue weighted by Gasteiger charge is -2.36. The van der Waals surface area contributed by atoms with E-state index in [9.17, 15) is 23.1 Å². The average molecular weight is 575 g/mol. The van der Waals surface area contributed by atoms with Crippen molar-refractivity contribution in [3.63, 3.8) is 0 Å². The fourth-order valence-electron chi connectivity index (χ4n) is 4.41. The van der Waals surface area contributed by atoms with E-state index in [0.717, 1.165) is 22.4 Å². The van der Waals surface area contributed by atoms with Gasteiger partial charge in [0.05, 0.1) is 0 Å². The normalized spacial score (nSPS) is 14.7. The molecule has 0 spiro atoms. The first-order valence-electron chi connectivity index (χ1n) is 13.4. The predicted octanol–water partition coefficient (Wildman–Crippen LogP) is 3.08. The molecule has 3 N–H and O–H groups in total. The third kappa shape index (κ3) is 8.17. The molecule has 214 valence electrons. The van der Waals surface area contributed by atoms with Crippen LogP contribution in [0.15, 0.2) is 78.9 Å². The number of aliphatic carboxylic acids is 1. The summed E-state index contributed by atoms with van der Waals surface area (Å²) >= 11 is 0. The zero-order valence-electron chi connectivity index (χ0n) is 23.1. The summed E-state index contributed by atoms with van der Waals surface area (Å²) in [5.41, 5.74) is 4.06. The molecule has 1 amide bonds. The molecule has 0 radical (unpaired) electrons. The number of amides is 1. The molecule has 0 aliphatic carbocycles. The van der Waals surface area contributed by atoms with Crippen LogP contribution < -0.4 is 14.9 Å². The van der Waals surface area contributed by atoms with Crippen LogP contribution in [0.5, 0.6) is 0 Å². The summed E-state index contributed by atoms with van der Waals surface area (Å²) in [5.74, 6) is 4.52. The maximum absolute atomic E-state index is 12.7. The summed E-state index contributed by atoms with van der Waals surface area (Å²) in [6.07, 6.45) is 0. The smallest absolute Gasteiger partial charge is 0.322 e. The van der Waals surface area contributed by atoms with Gasteiger partial charge in [0, 0.05) is 55.1 Å². The van der Waals surface area contributed by atoms with E-state index in [4.69, 9.17) is 0 Å². The number of anilines is 1. The molecule has 41 heavy (non-hydrogen) atoms. The van der Waals surface area contributed by atoms with E-state index in [2.05, 4.69) is 26.8 Å².